The van der Waals surface area contributed by atoms with Crippen LogP contribution in [0.2, 0.25) is 0 Å². The van der Waals surface area contributed by atoms with Crippen molar-refractivity contribution in [2.75, 3.05) is 18.0 Å². The molecule has 194 valence electrons. The number of piperidine rings is 1. The molecule has 0 aliphatic carbocycles. The van der Waals surface area contributed by atoms with E-state index in [-0.39, 0.29) is 24.0 Å². The molecule has 0 saturated carbocycles. The third-order valence-electron chi connectivity index (χ3n) is 7.25. The fourth-order valence-electron chi connectivity index (χ4n) is 5.01. The van der Waals surface area contributed by atoms with Crippen LogP contribution in [0.1, 0.15) is 55.3 Å². The van der Waals surface area contributed by atoms with Crippen LogP contribution in [0.25, 0.3) is 16.6 Å². The second-order valence-electron chi connectivity index (χ2n) is 9.99. The highest BCUT2D eigenvalue weighted by molar-refractivity contribution is 5.83. The molecular weight excluding hydrogens is 488 g/mol. The minimum Gasteiger partial charge on any atom is -0.341 e. The quantitative estimate of drug-likeness (QED) is 0.326. The number of hydrogen-bond acceptors (Lipinski definition) is 7. The normalized spacial score (nSPS) is 14.6. The standard InChI is InChI=1S/C27H27F2N9/c1-17(2)21-13-31-27(32-14-21)36-6-3-18(4-7-36)20-10-23(28)25(30-12-20)15-37-8-5-19-9-22(11-24(29)26(19)37)38-16-33-34-35-38/h5,8-14,16-18H,3-4,6-7,15H2,1-2H3. The first-order valence-corrected chi connectivity index (χ1v) is 12.7. The Morgan fingerprint density at radius 3 is 2.45 bits per heavy atom. The molecule has 1 saturated heterocycles. The predicted molar refractivity (Wildman–Crippen MR) is 138 cm³/mol. The van der Waals surface area contributed by atoms with Gasteiger partial charge in [0.25, 0.3) is 0 Å². The Bertz CT molecular complexity index is 1550. The molecule has 4 aromatic heterocycles. The van der Waals surface area contributed by atoms with Gasteiger partial charge in [-0.05, 0) is 64.4 Å². The van der Waals surface area contributed by atoms with Crippen molar-refractivity contribution in [2.45, 2.75) is 45.1 Å². The van der Waals surface area contributed by atoms with Crippen LogP contribution >= 0.6 is 0 Å². The Labute approximate surface area is 218 Å². The van der Waals surface area contributed by atoms with Crippen LogP contribution in [-0.4, -0.2) is 52.8 Å². The first-order chi connectivity index (χ1) is 18.5. The van der Waals surface area contributed by atoms with Gasteiger partial charge in [0, 0.05) is 49.3 Å². The van der Waals surface area contributed by atoms with Gasteiger partial charge in [-0.2, -0.15) is 0 Å². The number of benzene rings is 1. The highest BCUT2D eigenvalue weighted by atomic mass is 19.1. The minimum absolute atomic E-state index is 0.124. The second-order valence-corrected chi connectivity index (χ2v) is 9.99. The summed E-state index contributed by atoms with van der Waals surface area (Å²) in [5, 5.41) is 11.7. The van der Waals surface area contributed by atoms with Gasteiger partial charge in [-0.15, -0.1) is 5.10 Å². The zero-order valence-corrected chi connectivity index (χ0v) is 21.2. The van der Waals surface area contributed by atoms with Gasteiger partial charge in [-0.25, -0.2) is 23.4 Å². The molecule has 38 heavy (non-hydrogen) atoms. The molecule has 0 amide bonds. The average molecular weight is 516 g/mol. The number of rotatable bonds is 6. The van der Waals surface area contributed by atoms with Crippen molar-refractivity contribution < 1.29 is 8.78 Å². The SMILES string of the molecule is CC(C)c1cnc(N2CCC(c3cnc(Cn4ccc5cc(-n6cnnn6)cc(F)c54)c(F)c3)CC2)nc1. The molecule has 0 bridgehead atoms. The molecule has 1 fully saturated rings. The van der Waals surface area contributed by atoms with Crippen molar-refractivity contribution >= 4 is 16.9 Å². The van der Waals surface area contributed by atoms with E-state index in [0.717, 1.165) is 43.0 Å². The predicted octanol–water partition coefficient (Wildman–Crippen LogP) is 4.64. The molecule has 0 unspecified atom stereocenters. The number of pyridine rings is 1. The topological polar surface area (TPSA) is 90.4 Å². The lowest BCUT2D eigenvalue weighted by molar-refractivity contribution is 0.492. The van der Waals surface area contributed by atoms with E-state index in [9.17, 15) is 0 Å². The van der Waals surface area contributed by atoms with Gasteiger partial charge in [0.05, 0.1) is 23.4 Å². The lowest BCUT2D eigenvalue weighted by Crippen LogP contribution is -2.34. The van der Waals surface area contributed by atoms with Crippen LogP contribution in [0.15, 0.2) is 55.4 Å². The molecule has 0 radical (unpaired) electrons. The number of fused-ring (bicyclic) bond motifs is 1. The number of tetrazole rings is 1. The van der Waals surface area contributed by atoms with Crippen molar-refractivity contribution in [2.24, 2.45) is 0 Å². The molecular formula is C27H27F2N9. The summed E-state index contributed by atoms with van der Waals surface area (Å²) in [4.78, 5) is 15.7. The maximum atomic E-state index is 15.2. The van der Waals surface area contributed by atoms with Crippen molar-refractivity contribution in [1.82, 2.24) is 39.7 Å². The maximum absolute atomic E-state index is 15.2. The zero-order chi connectivity index (χ0) is 26.2. The van der Waals surface area contributed by atoms with E-state index in [4.69, 9.17) is 0 Å². The van der Waals surface area contributed by atoms with Crippen LogP contribution in [0.5, 0.6) is 0 Å². The Kier molecular flexibility index (Phi) is 6.26. The molecule has 11 heteroatoms. The highest BCUT2D eigenvalue weighted by Crippen LogP contribution is 2.30. The van der Waals surface area contributed by atoms with Gasteiger partial charge in [0.15, 0.2) is 0 Å². The summed E-state index contributed by atoms with van der Waals surface area (Å²) in [6.45, 7) is 5.97. The summed E-state index contributed by atoms with van der Waals surface area (Å²) < 4.78 is 33.2. The van der Waals surface area contributed by atoms with Crippen LogP contribution < -0.4 is 4.90 Å². The van der Waals surface area contributed by atoms with E-state index in [2.05, 4.69) is 49.2 Å². The number of anilines is 1. The van der Waals surface area contributed by atoms with Gasteiger partial charge >= 0.3 is 0 Å². The van der Waals surface area contributed by atoms with Crippen molar-refractivity contribution in [3.8, 4) is 5.69 Å². The van der Waals surface area contributed by atoms with Crippen LogP contribution in [0, 0.1) is 11.6 Å². The van der Waals surface area contributed by atoms with Crippen molar-refractivity contribution in [3.63, 3.8) is 0 Å². The summed E-state index contributed by atoms with van der Waals surface area (Å²) in [5.41, 5.74) is 3.16. The molecule has 6 rings (SSSR count). The largest absolute Gasteiger partial charge is 0.341 e. The summed E-state index contributed by atoms with van der Waals surface area (Å²) in [6.07, 6.45) is 10.4. The van der Waals surface area contributed by atoms with E-state index in [1.54, 1.807) is 35.2 Å². The van der Waals surface area contributed by atoms with Gasteiger partial charge in [-0.1, -0.05) is 13.8 Å². The third kappa shape index (κ3) is 4.59. The van der Waals surface area contributed by atoms with Gasteiger partial charge in [0.1, 0.15) is 18.0 Å². The maximum Gasteiger partial charge on any atom is 0.225 e. The van der Waals surface area contributed by atoms with E-state index in [0.29, 0.717) is 22.5 Å². The molecule has 5 aromatic rings. The molecule has 0 atom stereocenters. The molecule has 0 spiro atoms. The fraction of sp³-hybridized carbons (Fsp3) is 0.333. The summed E-state index contributed by atoms with van der Waals surface area (Å²) >= 11 is 0. The highest BCUT2D eigenvalue weighted by Gasteiger charge is 2.24. The first kappa shape index (κ1) is 24.1. The lowest BCUT2D eigenvalue weighted by atomic mass is 9.90. The van der Waals surface area contributed by atoms with Crippen LogP contribution in [0.3, 0.4) is 0 Å². The van der Waals surface area contributed by atoms with Crippen LogP contribution in [-0.2, 0) is 6.54 Å². The number of hydrogen-bond donors (Lipinski definition) is 0. The molecule has 1 aliphatic heterocycles. The van der Waals surface area contributed by atoms with Gasteiger partial charge in [0.2, 0.25) is 5.95 Å². The molecule has 9 nitrogen and oxygen atoms in total. The second kappa shape index (κ2) is 9.88. The summed E-state index contributed by atoms with van der Waals surface area (Å²) in [6, 6.07) is 6.51. The number of nitrogens with zero attached hydrogens (tertiary/aromatic N) is 9. The fourth-order valence-corrected chi connectivity index (χ4v) is 5.01. The Morgan fingerprint density at radius 1 is 0.974 bits per heavy atom. The number of halogens is 2. The van der Waals surface area contributed by atoms with E-state index >= 15 is 8.78 Å². The lowest BCUT2D eigenvalue weighted by Gasteiger charge is -2.32. The molecule has 1 aliphatic rings. The Balaban J connectivity index is 1.14. The van der Waals surface area contributed by atoms with E-state index < -0.39 is 5.82 Å². The van der Waals surface area contributed by atoms with Gasteiger partial charge < -0.3 is 9.47 Å². The number of aromatic nitrogens is 8. The average Bonchev–Trinajstić information content (AvgIpc) is 3.61. The summed E-state index contributed by atoms with van der Waals surface area (Å²) in [7, 11) is 0. The van der Waals surface area contributed by atoms with Crippen LogP contribution in [0.4, 0.5) is 14.7 Å². The monoisotopic (exact) mass is 515 g/mol. The Hall–Kier alpha value is -4.28. The van der Waals surface area contributed by atoms with Gasteiger partial charge in [-0.3, -0.25) is 4.98 Å². The minimum atomic E-state index is -0.440. The first-order valence-electron chi connectivity index (χ1n) is 12.7. The molecule has 1 aromatic carbocycles. The zero-order valence-electron chi connectivity index (χ0n) is 21.2. The molecule has 0 N–H and O–H groups in total. The van der Waals surface area contributed by atoms with Crippen molar-refractivity contribution in [3.05, 3.63) is 83.8 Å². The Morgan fingerprint density at radius 2 is 1.76 bits per heavy atom. The van der Waals surface area contributed by atoms with E-state index in [1.165, 1.54) is 17.1 Å². The van der Waals surface area contributed by atoms with E-state index in [1.807, 2.05) is 12.4 Å². The smallest absolute Gasteiger partial charge is 0.225 e. The van der Waals surface area contributed by atoms with Crippen molar-refractivity contribution in [1.29, 1.82) is 0 Å². The third-order valence-corrected chi connectivity index (χ3v) is 7.25. The summed E-state index contributed by atoms with van der Waals surface area (Å²) in [5.74, 6) is 0.525. The molecule has 5 heterocycles.